The molecule has 84 valence electrons. The summed E-state index contributed by atoms with van der Waals surface area (Å²) in [7, 11) is -3.11. The standard InChI is InChI=1S/C10H14O4S/c1-2-15(13,14)9-5-3-4-8(6-9)7-10(11)12/h3-4,6,9H,2,5,7H2,1H3,(H,11,12). The molecule has 0 saturated carbocycles. The van der Waals surface area contributed by atoms with Gasteiger partial charge in [-0.15, -0.1) is 0 Å². The van der Waals surface area contributed by atoms with E-state index in [1.807, 2.05) is 0 Å². The van der Waals surface area contributed by atoms with E-state index in [0.717, 1.165) is 0 Å². The summed E-state index contributed by atoms with van der Waals surface area (Å²) in [5, 5.41) is 8.03. The predicted octanol–water partition coefficient (Wildman–Crippen LogP) is 1.15. The first kappa shape index (κ1) is 12.0. The van der Waals surface area contributed by atoms with Gasteiger partial charge in [0.1, 0.15) is 0 Å². The summed E-state index contributed by atoms with van der Waals surface area (Å²) < 4.78 is 23.1. The van der Waals surface area contributed by atoms with Crippen LogP contribution in [0, 0.1) is 0 Å². The highest BCUT2D eigenvalue weighted by molar-refractivity contribution is 7.92. The SMILES string of the molecule is CCS(=O)(=O)C1C=C(CC(=O)O)C=CC1. The Labute approximate surface area is 89.2 Å². The fourth-order valence-electron chi connectivity index (χ4n) is 1.47. The van der Waals surface area contributed by atoms with E-state index in [1.54, 1.807) is 25.2 Å². The first-order valence-corrected chi connectivity index (χ1v) is 6.48. The van der Waals surface area contributed by atoms with E-state index in [2.05, 4.69) is 0 Å². The Balaban J connectivity index is 2.85. The Hall–Kier alpha value is -1.10. The van der Waals surface area contributed by atoms with Crippen LogP contribution in [-0.2, 0) is 14.6 Å². The van der Waals surface area contributed by atoms with E-state index in [0.29, 0.717) is 12.0 Å². The second kappa shape index (κ2) is 4.61. The molecule has 0 radical (unpaired) electrons. The maximum atomic E-state index is 11.6. The largest absolute Gasteiger partial charge is 0.481 e. The number of rotatable bonds is 4. The normalized spacial score (nSPS) is 21.1. The molecular weight excluding hydrogens is 216 g/mol. The third-order valence-electron chi connectivity index (χ3n) is 2.32. The van der Waals surface area contributed by atoms with Crippen LogP contribution in [0.1, 0.15) is 19.8 Å². The number of sulfone groups is 1. The molecule has 15 heavy (non-hydrogen) atoms. The molecule has 0 heterocycles. The molecule has 1 N–H and O–H groups in total. The van der Waals surface area contributed by atoms with Crippen molar-refractivity contribution in [2.75, 3.05) is 5.75 Å². The van der Waals surface area contributed by atoms with Gasteiger partial charge in [-0.3, -0.25) is 4.79 Å². The Morgan fingerprint density at radius 1 is 1.60 bits per heavy atom. The van der Waals surface area contributed by atoms with Crippen molar-refractivity contribution in [1.29, 1.82) is 0 Å². The maximum Gasteiger partial charge on any atom is 0.307 e. The number of hydrogen-bond donors (Lipinski definition) is 1. The van der Waals surface area contributed by atoms with Gasteiger partial charge in [-0.25, -0.2) is 8.42 Å². The maximum absolute atomic E-state index is 11.6. The van der Waals surface area contributed by atoms with Gasteiger partial charge in [-0.2, -0.15) is 0 Å². The van der Waals surface area contributed by atoms with E-state index in [9.17, 15) is 13.2 Å². The van der Waals surface area contributed by atoms with Crippen LogP contribution in [0.5, 0.6) is 0 Å². The van der Waals surface area contributed by atoms with Crippen LogP contribution in [0.2, 0.25) is 0 Å². The van der Waals surface area contributed by atoms with Gasteiger partial charge in [0.25, 0.3) is 0 Å². The summed E-state index contributed by atoms with van der Waals surface area (Å²) in [6.07, 6.45) is 5.27. The van der Waals surface area contributed by atoms with E-state index in [4.69, 9.17) is 5.11 Å². The number of carboxylic acid groups (broad SMARTS) is 1. The summed E-state index contributed by atoms with van der Waals surface area (Å²) >= 11 is 0. The van der Waals surface area contributed by atoms with Gasteiger partial charge in [0.15, 0.2) is 9.84 Å². The minimum atomic E-state index is -3.11. The number of allylic oxidation sites excluding steroid dienone is 2. The molecule has 0 saturated heterocycles. The molecule has 0 bridgehead atoms. The van der Waals surface area contributed by atoms with Crippen molar-refractivity contribution in [3.63, 3.8) is 0 Å². The number of carboxylic acids is 1. The quantitative estimate of drug-likeness (QED) is 0.786. The molecule has 0 amide bonds. The second-order valence-electron chi connectivity index (χ2n) is 3.44. The molecule has 1 atom stereocenters. The minimum absolute atomic E-state index is 0.0857. The van der Waals surface area contributed by atoms with Gasteiger partial charge in [0, 0.05) is 5.75 Å². The Bertz CT molecular complexity index is 403. The topological polar surface area (TPSA) is 71.4 Å². The summed E-state index contributed by atoms with van der Waals surface area (Å²) in [6.45, 7) is 1.60. The summed E-state index contributed by atoms with van der Waals surface area (Å²) in [5.74, 6) is -0.858. The summed E-state index contributed by atoms with van der Waals surface area (Å²) in [6, 6.07) is 0. The van der Waals surface area contributed by atoms with E-state index >= 15 is 0 Å². The third-order valence-corrected chi connectivity index (χ3v) is 4.38. The zero-order chi connectivity index (χ0) is 11.5. The lowest BCUT2D eigenvalue weighted by Crippen LogP contribution is -2.22. The van der Waals surface area contributed by atoms with Gasteiger partial charge in [-0.1, -0.05) is 25.2 Å². The highest BCUT2D eigenvalue weighted by Crippen LogP contribution is 2.19. The Morgan fingerprint density at radius 2 is 2.27 bits per heavy atom. The number of hydrogen-bond acceptors (Lipinski definition) is 3. The molecular formula is C10H14O4S. The number of carbonyl (C=O) groups is 1. The second-order valence-corrected chi connectivity index (χ2v) is 5.95. The van der Waals surface area contributed by atoms with Gasteiger partial charge >= 0.3 is 5.97 Å². The fraction of sp³-hybridized carbons (Fsp3) is 0.500. The molecule has 0 aromatic rings. The molecule has 5 heteroatoms. The van der Waals surface area contributed by atoms with Gasteiger partial charge in [0.05, 0.1) is 11.7 Å². The molecule has 4 nitrogen and oxygen atoms in total. The monoisotopic (exact) mass is 230 g/mol. The van der Waals surface area contributed by atoms with E-state index in [-0.39, 0.29) is 12.2 Å². The lowest BCUT2D eigenvalue weighted by Gasteiger charge is -2.15. The van der Waals surface area contributed by atoms with E-state index in [1.165, 1.54) is 0 Å². The molecule has 1 aliphatic rings. The van der Waals surface area contributed by atoms with Gasteiger partial charge < -0.3 is 5.11 Å². The van der Waals surface area contributed by atoms with Crippen molar-refractivity contribution in [2.45, 2.75) is 25.0 Å². The summed E-state index contributed by atoms with van der Waals surface area (Å²) in [5.41, 5.74) is 0.566. The highest BCUT2D eigenvalue weighted by Gasteiger charge is 2.22. The average Bonchev–Trinajstić information content (AvgIpc) is 2.17. The predicted molar refractivity (Wildman–Crippen MR) is 57.3 cm³/mol. The van der Waals surface area contributed by atoms with Gasteiger partial charge in [0.2, 0.25) is 0 Å². The molecule has 0 aromatic carbocycles. The molecule has 1 unspecified atom stereocenters. The van der Waals surface area contributed by atoms with Crippen LogP contribution in [0.4, 0.5) is 0 Å². The molecule has 0 aliphatic heterocycles. The smallest absolute Gasteiger partial charge is 0.307 e. The summed E-state index contributed by atoms with van der Waals surface area (Å²) in [4.78, 5) is 10.5. The Kier molecular flexibility index (Phi) is 3.68. The average molecular weight is 230 g/mol. The van der Waals surface area contributed by atoms with Crippen molar-refractivity contribution in [1.82, 2.24) is 0 Å². The lowest BCUT2D eigenvalue weighted by atomic mass is 10.0. The van der Waals surface area contributed by atoms with Crippen LogP contribution in [0.25, 0.3) is 0 Å². The van der Waals surface area contributed by atoms with Crippen LogP contribution in [-0.4, -0.2) is 30.5 Å². The fourth-order valence-corrected chi connectivity index (χ4v) is 2.69. The first-order valence-electron chi connectivity index (χ1n) is 4.76. The minimum Gasteiger partial charge on any atom is -0.481 e. The zero-order valence-electron chi connectivity index (χ0n) is 8.51. The first-order chi connectivity index (χ1) is 6.95. The van der Waals surface area contributed by atoms with Crippen molar-refractivity contribution < 1.29 is 18.3 Å². The van der Waals surface area contributed by atoms with Crippen LogP contribution in [0.3, 0.4) is 0 Å². The lowest BCUT2D eigenvalue weighted by molar-refractivity contribution is -0.136. The molecule has 1 aliphatic carbocycles. The van der Waals surface area contributed by atoms with Crippen molar-refractivity contribution in [2.24, 2.45) is 0 Å². The van der Waals surface area contributed by atoms with Crippen molar-refractivity contribution in [3.05, 3.63) is 23.8 Å². The Morgan fingerprint density at radius 3 is 2.80 bits per heavy atom. The van der Waals surface area contributed by atoms with Crippen LogP contribution in [0.15, 0.2) is 23.8 Å². The van der Waals surface area contributed by atoms with Crippen molar-refractivity contribution >= 4 is 15.8 Å². The molecule has 0 fully saturated rings. The molecule has 1 rings (SSSR count). The van der Waals surface area contributed by atoms with Gasteiger partial charge in [-0.05, 0) is 12.0 Å². The van der Waals surface area contributed by atoms with Crippen LogP contribution >= 0.6 is 0 Å². The molecule has 0 aromatic heterocycles. The van der Waals surface area contributed by atoms with Crippen molar-refractivity contribution in [3.8, 4) is 0 Å². The highest BCUT2D eigenvalue weighted by atomic mass is 32.2. The van der Waals surface area contributed by atoms with E-state index < -0.39 is 21.1 Å². The molecule has 0 spiro atoms. The third kappa shape index (κ3) is 3.20. The number of aliphatic carboxylic acids is 1. The van der Waals surface area contributed by atoms with Crippen LogP contribution < -0.4 is 0 Å². The zero-order valence-corrected chi connectivity index (χ0v) is 9.33.